The molecule has 0 fully saturated rings. The molecule has 0 bridgehead atoms. The fraction of sp³-hybridized carbons (Fsp3) is 0.364. The number of hydrogen-bond acceptors (Lipinski definition) is 1. The molecule has 0 aliphatic heterocycles. The van der Waals surface area contributed by atoms with E-state index >= 15 is 0 Å². The van der Waals surface area contributed by atoms with Crippen LogP contribution < -0.4 is 11.5 Å². The van der Waals surface area contributed by atoms with E-state index in [0.29, 0.717) is 0 Å². The Morgan fingerprint density at radius 2 is 1.79 bits per heavy atom. The van der Waals surface area contributed by atoms with Crippen molar-refractivity contribution in [1.82, 2.24) is 0 Å². The third-order valence-electron chi connectivity index (χ3n) is 1.36. The number of urea groups is 1. The molecule has 14 heavy (non-hydrogen) atoms. The average Bonchev–Trinajstić information content (AvgIpc) is 2.02. The molecule has 3 nitrogen and oxygen atoms in total. The molecule has 0 heterocycles. The highest BCUT2D eigenvalue weighted by Gasteiger charge is 1.83. The van der Waals surface area contributed by atoms with E-state index in [9.17, 15) is 0 Å². The van der Waals surface area contributed by atoms with Crippen LogP contribution in [0.15, 0.2) is 36.5 Å². The zero-order chi connectivity index (χ0) is 11.6. The molecule has 0 aromatic heterocycles. The molecule has 0 atom stereocenters. The molecule has 0 rings (SSSR count). The summed E-state index contributed by atoms with van der Waals surface area (Å²) in [5.74, 6) is 0. The van der Waals surface area contributed by atoms with E-state index in [-0.39, 0.29) is 0 Å². The monoisotopic (exact) mass is 196 g/mol. The minimum Gasteiger partial charge on any atom is -0.352 e. The predicted molar refractivity (Wildman–Crippen MR) is 61.8 cm³/mol. The van der Waals surface area contributed by atoms with Gasteiger partial charge in [-0.1, -0.05) is 29.9 Å². The Labute approximate surface area is 86.2 Å². The van der Waals surface area contributed by atoms with E-state index in [1.807, 2.05) is 6.08 Å². The number of nitrogens with two attached hydrogens (primary N) is 2. The third kappa shape index (κ3) is 22.4. The topological polar surface area (TPSA) is 69.1 Å². The number of allylic oxidation sites excluding steroid dienone is 4. The van der Waals surface area contributed by atoms with Crippen LogP contribution in [0.2, 0.25) is 0 Å². The summed E-state index contributed by atoms with van der Waals surface area (Å²) in [5, 5.41) is 0. The van der Waals surface area contributed by atoms with Gasteiger partial charge in [-0.15, -0.1) is 6.58 Å². The SMILES string of the molecule is C=C/C(C)=C/CCC(=C)C.NC(N)=O. The van der Waals surface area contributed by atoms with Crippen LogP contribution in [-0.2, 0) is 0 Å². The second-order valence-electron chi connectivity index (χ2n) is 3.05. The van der Waals surface area contributed by atoms with Gasteiger partial charge in [0.05, 0.1) is 0 Å². The maximum Gasteiger partial charge on any atom is 0.309 e. The van der Waals surface area contributed by atoms with Crippen LogP contribution >= 0.6 is 0 Å². The minimum atomic E-state index is -0.833. The lowest BCUT2D eigenvalue weighted by Crippen LogP contribution is -2.18. The Hall–Kier alpha value is -1.51. The summed E-state index contributed by atoms with van der Waals surface area (Å²) in [7, 11) is 0. The van der Waals surface area contributed by atoms with Gasteiger partial charge in [0, 0.05) is 0 Å². The summed E-state index contributed by atoms with van der Waals surface area (Å²) in [5.41, 5.74) is 11.0. The van der Waals surface area contributed by atoms with E-state index in [4.69, 9.17) is 4.79 Å². The normalized spacial score (nSPS) is 9.71. The number of carbonyl (C=O) groups is 1. The van der Waals surface area contributed by atoms with Gasteiger partial charge in [-0.25, -0.2) is 4.79 Å². The summed E-state index contributed by atoms with van der Waals surface area (Å²) >= 11 is 0. The van der Waals surface area contributed by atoms with Gasteiger partial charge in [-0.3, -0.25) is 0 Å². The highest BCUT2D eigenvalue weighted by molar-refractivity contribution is 5.69. The first-order chi connectivity index (χ1) is 6.40. The van der Waals surface area contributed by atoms with Crippen LogP contribution in [0.4, 0.5) is 4.79 Å². The summed E-state index contributed by atoms with van der Waals surface area (Å²) in [6.07, 6.45) is 6.23. The molecule has 0 saturated carbocycles. The zero-order valence-electron chi connectivity index (χ0n) is 9.05. The first-order valence-corrected chi connectivity index (χ1v) is 4.38. The summed E-state index contributed by atoms with van der Waals surface area (Å²) < 4.78 is 0. The third-order valence-corrected chi connectivity index (χ3v) is 1.36. The highest BCUT2D eigenvalue weighted by Crippen LogP contribution is 2.04. The van der Waals surface area contributed by atoms with Gasteiger partial charge < -0.3 is 11.5 Å². The van der Waals surface area contributed by atoms with Crippen molar-refractivity contribution < 1.29 is 4.79 Å². The lowest BCUT2D eigenvalue weighted by atomic mass is 10.1. The molecule has 3 heteroatoms. The van der Waals surface area contributed by atoms with Gasteiger partial charge in [0.15, 0.2) is 0 Å². The Bertz CT molecular complexity index is 225. The maximum absolute atomic E-state index is 9.00. The van der Waals surface area contributed by atoms with Crippen LogP contribution in [0.25, 0.3) is 0 Å². The van der Waals surface area contributed by atoms with Crippen LogP contribution in [0.1, 0.15) is 26.7 Å². The summed E-state index contributed by atoms with van der Waals surface area (Å²) in [6, 6.07) is -0.833. The number of hydrogen-bond donors (Lipinski definition) is 2. The standard InChI is InChI=1S/C10H16.CH4N2O/c1-5-10(4)8-6-7-9(2)3;2-1(3)4/h5,8H,1-2,6-7H2,3-4H3;(H4,2,3,4)/b10-8+;. The molecule has 4 N–H and O–H groups in total. The molecule has 0 radical (unpaired) electrons. The van der Waals surface area contributed by atoms with Gasteiger partial charge >= 0.3 is 6.03 Å². The number of carbonyl (C=O) groups excluding carboxylic acids is 1. The molecule has 0 aliphatic carbocycles. The fourth-order valence-electron chi connectivity index (χ4n) is 0.630. The smallest absolute Gasteiger partial charge is 0.309 e. The van der Waals surface area contributed by atoms with Crippen LogP contribution in [0.3, 0.4) is 0 Å². The fourth-order valence-corrected chi connectivity index (χ4v) is 0.630. The number of amides is 2. The number of rotatable bonds is 4. The largest absolute Gasteiger partial charge is 0.352 e. The van der Waals surface area contributed by atoms with Crippen LogP contribution in [0, 0.1) is 0 Å². The van der Waals surface area contributed by atoms with Crippen molar-refractivity contribution in [3.8, 4) is 0 Å². The zero-order valence-corrected chi connectivity index (χ0v) is 9.05. The minimum absolute atomic E-state index is 0.833. The lowest BCUT2D eigenvalue weighted by Gasteiger charge is -1.93. The second-order valence-corrected chi connectivity index (χ2v) is 3.05. The maximum atomic E-state index is 9.00. The van der Waals surface area contributed by atoms with Crippen molar-refractivity contribution in [3.05, 3.63) is 36.5 Å². The van der Waals surface area contributed by atoms with Crippen LogP contribution in [-0.4, -0.2) is 6.03 Å². The van der Waals surface area contributed by atoms with Crippen molar-refractivity contribution in [2.24, 2.45) is 11.5 Å². The number of primary amides is 2. The van der Waals surface area contributed by atoms with Gasteiger partial charge in [0.2, 0.25) is 0 Å². The first kappa shape index (κ1) is 15.0. The molecule has 0 aromatic rings. The lowest BCUT2D eigenvalue weighted by molar-refractivity contribution is 0.256. The van der Waals surface area contributed by atoms with Gasteiger partial charge in [-0.05, 0) is 26.7 Å². The molecule has 0 unspecified atom stereocenters. The molecule has 80 valence electrons. The van der Waals surface area contributed by atoms with Crippen molar-refractivity contribution >= 4 is 6.03 Å². The van der Waals surface area contributed by atoms with E-state index < -0.39 is 6.03 Å². The highest BCUT2D eigenvalue weighted by atomic mass is 16.2. The van der Waals surface area contributed by atoms with Crippen LogP contribution in [0.5, 0.6) is 0 Å². The van der Waals surface area contributed by atoms with Gasteiger partial charge in [-0.2, -0.15) is 0 Å². The van der Waals surface area contributed by atoms with Crippen molar-refractivity contribution in [2.45, 2.75) is 26.7 Å². The Kier molecular flexibility index (Phi) is 10.3. The van der Waals surface area contributed by atoms with Crippen molar-refractivity contribution in [3.63, 3.8) is 0 Å². The molecule has 0 spiro atoms. The van der Waals surface area contributed by atoms with Gasteiger partial charge in [0.1, 0.15) is 0 Å². The Morgan fingerprint density at radius 1 is 1.36 bits per heavy atom. The van der Waals surface area contributed by atoms with Crippen molar-refractivity contribution in [2.75, 3.05) is 0 Å². The summed E-state index contributed by atoms with van der Waals surface area (Å²) in [4.78, 5) is 9.00. The quantitative estimate of drug-likeness (QED) is 0.526. The van der Waals surface area contributed by atoms with E-state index in [1.165, 1.54) is 11.1 Å². The average molecular weight is 196 g/mol. The summed E-state index contributed by atoms with van der Waals surface area (Å²) in [6.45, 7) is 11.6. The predicted octanol–water partition coefficient (Wildman–Crippen LogP) is 2.50. The van der Waals surface area contributed by atoms with E-state index in [0.717, 1.165) is 12.8 Å². The molecular weight excluding hydrogens is 176 g/mol. The molecule has 0 aromatic carbocycles. The molecule has 0 saturated heterocycles. The molecule has 2 amide bonds. The van der Waals surface area contributed by atoms with Gasteiger partial charge in [0.25, 0.3) is 0 Å². The molecule has 0 aliphatic rings. The first-order valence-electron chi connectivity index (χ1n) is 4.38. The van der Waals surface area contributed by atoms with E-state index in [2.05, 4.69) is 44.5 Å². The van der Waals surface area contributed by atoms with E-state index in [1.54, 1.807) is 0 Å². The van der Waals surface area contributed by atoms with Crippen molar-refractivity contribution in [1.29, 1.82) is 0 Å². The molecular formula is C11H20N2O. The second kappa shape index (κ2) is 9.58. The Morgan fingerprint density at radius 3 is 2.07 bits per heavy atom. The Balaban J connectivity index is 0.